The highest BCUT2D eigenvalue weighted by atomic mass is 79.9. The predicted octanol–water partition coefficient (Wildman–Crippen LogP) is 4.71. The molecule has 0 saturated heterocycles. The molecule has 186 valence electrons. The molecule has 0 heterocycles. The molecule has 2 aromatic carbocycles. The van der Waals surface area contributed by atoms with Gasteiger partial charge in [-0.25, -0.2) is 8.42 Å². The molecule has 1 unspecified atom stereocenters. The maximum atomic E-state index is 13.5. The van der Waals surface area contributed by atoms with Crippen LogP contribution in [-0.4, -0.2) is 50.5 Å². The Bertz CT molecular complexity index is 1140. The molecule has 1 N–H and O–H groups in total. The lowest BCUT2D eigenvalue weighted by Crippen LogP contribution is -2.51. The van der Waals surface area contributed by atoms with Crippen molar-refractivity contribution in [2.45, 2.75) is 33.4 Å². The van der Waals surface area contributed by atoms with Gasteiger partial charge in [0.1, 0.15) is 12.6 Å². The molecule has 0 spiro atoms. The van der Waals surface area contributed by atoms with Crippen LogP contribution in [0.3, 0.4) is 0 Å². The monoisotopic (exact) mass is 591 g/mol. The first kappa shape index (κ1) is 28.4. The van der Waals surface area contributed by atoms with Crippen LogP contribution in [0.2, 0.25) is 10.0 Å². The molecule has 0 bridgehead atoms. The molecule has 7 nitrogen and oxygen atoms in total. The third-order valence-corrected chi connectivity index (χ3v) is 7.12. The van der Waals surface area contributed by atoms with Gasteiger partial charge in [0, 0.05) is 22.6 Å². The van der Waals surface area contributed by atoms with Crippen LogP contribution in [0.4, 0.5) is 5.69 Å². The van der Waals surface area contributed by atoms with Crippen LogP contribution < -0.4 is 9.62 Å². The maximum Gasteiger partial charge on any atom is 0.244 e. The van der Waals surface area contributed by atoms with Crippen LogP contribution in [0.1, 0.15) is 26.3 Å². The maximum absolute atomic E-state index is 13.5. The number of hydrogen-bond acceptors (Lipinski definition) is 4. The normalized spacial score (nSPS) is 12.4. The number of amides is 2. The van der Waals surface area contributed by atoms with Crippen molar-refractivity contribution in [3.05, 3.63) is 62.5 Å². The number of anilines is 1. The van der Waals surface area contributed by atoms with Gasteiger partial charge in [-0.1, -0.05) is 65.1 Å². The number of nitrogens with one attached hydrogen (secondary N) is 1. The third-order valence-electron chi connectivity index (χ3n) is 4.95. The van der Waals surface area contributed by atoms with Crippen molar-refractivity contribution in [2.24, 2.45) is 5.92 Å². The molecule has 0 aliphatic rings. The molecule has 0 radical (unpaired) electrons. The molecule has 0 aromatic heterocycles. The minimum absolute atomic E-state index is 0.0873. The van der Waals surface area contributed by atoms with Crippen LogP contribution >= 0.6 is 39.1 Å². The van der Waals surface area contributed by atoms with Gasteiger partial charge in [0.25, 0.3) is 0 Å². The van der Waals surface area contributed by atoms with E-state index in [0.29, 0.717) is 6.54 Å². The van der Waals surface area contributed by atoms with Crippen molar-refractivity contribution in [3.63, 3.8) is 0 Å². The quantitative estimate of drug-likeness (QED) is 0.433. The molecular formula is C23H28BrCl2N3O4S. The molecule has 0 saturated carbocycles. The van der Waals surface area contributed by atoms with Crippen molar-refractivity contribution < 1.29 is 18.0 Å². The molecule has 34 heavy (non-hydrogen) atoms. The van der Waals surface area contributed by atoms with Crippen LogP contribution in [-0.2, 0) is 26.2 Å². The molecule has 2 amide bonds. The number of rotatable bonds is 10. The average Bonchev–Trinajstić information content (AvgIpc) is 2.74. The van der Waals surface area contributed by atoms with E-state index >= 15 is 0 Å². The largest absolute Gasteiger partial charge is 0.354 e. The fourth-order valence-corrected chi connectivity index (χ4v) is 4.87. The van der Waals surface area contributed by atoms with E-state index in [1.165, 1.54) is 23.1 Å². The summed E-state index contributed by atoms with van der Waals surface area (Å²) in [6, 6.07) is 10.9. The Labute approximate surface area is 219 Å². The van der Waals surface area contributed by atoms with Crippen molar-refractivity contribution in [1.29, 1.82) is 0 Å². The lowest BCUT2D eigenvalue weighted by molar-refractivity contribution is -0.139. The van der Waals surface area contributed by atoms with Gasteiger partial charge in [0.2, 0.25) is 21.8 Å². The van der Waals surface area contributed by atoms with Crippen LogP contribution in [0.25, 0.3) is 0 Å². The Morgan fingerprint density at radius 2 is 1.76 bits per heavy atom. The summed E-state index contributed by atoms with van der Waals surface area (Å²) in [4.78, 5) is 27.7. The van der Waals surface area contributed by atoms with E-state index in [1.807, 2.05) is 38.1 Å². The first-order valence-corrected chi connectivity index (χ1v) is 13.9. The zero-order valence-electron chi connectivity index (χ0n) is 19.4. The van der Waals surface area contributed by atoms with Gasteiger partial charge < -0.3 is 10.2 Å². The highest BCUT2D eigenvalue weighted by Crippen LogP contribution is 2.31. The van der Waals surface area contributed by atoms with E-state index in [4.69, 9.17) is 23.2 Å². The molecule has 0 fully saturated rings. The predicted molar refractivity (Wildman–Crippen MR) is 141 cm³/mol. The summed E-state index contributed by atoms with van der Waals surface area (Å²) in [5.74, 6) is -0.659. The van der Waals surface area contributed by atoms with Gasteiger partial charge in [-0.3, -0.25) is 13.9 Å². The summed E-state index contributed by atoms with van der Waals surface area (Å²) in [7, 11) is -3.90. The van der Waals surface area contributed by atoms with Gasteiger partial charge in [0.15, 0.2) is 0 Å². The second kappa shape index (κ2) is 12.2. The minimum Gasteiger partial charge on any atom is -0.354 e. The highest BCUT2D eigenvalue weighted by Gasteiger charge is 2.31. The van der Waals surface area contributed by atoms with E-state index in [0.717, 1.165) is 20.6 Å². The summed E-state index contributed by atoms with van der Waals surface area (Å²) in [6.45, 7) is 5.56. The zero-order valence-corrected chi connectivity index (χ0v) is 23.3. The lowest BCUT2D eigenvalue weighted by Gasteiger charge is -2.32. The van der Waals surface area contributed by atoms with E-state index in [9.17, 15) is 18.0 Å². The second-order valence-electron chi connectivity index (χ2n) is 8.33. The van der Waals surface area contributed by atoms with Gasteiger partial charge in [-0.15, -0.1) is 0 Å². The van der Waals surface area contributed by atoms with Crippen LogP contribution in [0.15, 0.2) is 46.9 Å². The van der Waals surface area contributed by atoms with E-state index in [2.05, 4.69) is 21.2 Å². The molecule has 11 heteroatoms. The number of benzene rings is 2. The van der Waals surface area contributed by atoms with E-state index < -0.39 is 28.5 Å². The topological polar surface area (TPSA) is 86.8 Å². The Kier molecular flexibility index (Phi) is 10.2. The molecule has 0 aliphatic carbocycles. The third kappa shape index (κ3) is 8.15. The van der Waals surface area contributed by atoms with Gasteiger partial charge in [-0.2, -0.15) is 0 Å². The fraction of sp³-hybridized carbons (Fsp3) is 0.391. The number of nitrogens with zero attached hydrogens (tertiary/aromatic N) is 2. The summed E-state index contributed by atoms with van der Waals surface area (Å²) in [5.41, 5.74) is 0.863. The lowest BCUT2D eigenvalue weighted by atomic mass is 10.1. The Morgan fingerprint density at radius 3 is 2.35 bits per heavy atom. The summed E-state index contributed by atoms with van der Waals surface area (Å²) in [6.07, 6.45) is 0.981. The number of carbonyl (C=O) groups is 2. The molecular weight excluding hydrogens is 565 g/mol. The van der Waals surface area contributed by atoms with Crippen LogP contribution in [0, 0.1) is 5.92 Å². The van der Waals surface area contributed by atoms with Crippen molar-refractivity contribution >= 4 is 66.7 Å². The summed E-state index contributed by atoms with van der Waals surface area (Å²) < 4.78 is 26.9. The average molecular weight is 593 g/mol. The smallest absolute Gasteiger partial charge is 0.244 e. The minimum atomic E-state index is -3.90. The number of hydrogen-bond donors (Lipinski definition) is 1. The molecule has 1 atom stereocenters. The Morgan fingerprint density at radius 1 is 1.09 bits per heavy atom. The van der Waals surface area contributed by atoms with Gasteiger partial charge >= 0.3 is 0 Å². The summed E-state index contributed by atoms with van der Waals surface area (Å²) in [5, 5.41) is 3.23. The van der Waals surface area contributed by atoms with Crippen molar-refractivity contribution in [2.75, 3.05) is 23.7 Å². The Hall–Kier alpha value is -1.81. The SMILES string of the molecule is CC(C)CNC(=O)C(C)N(Cc1cccc(Br)c1)C(=O)CN(c1cc(Cl)ccc1Cl)S(C)(=O)=O. The fourth-order valence-electron chi connectivity index (χ4n) is 3.14. The van der Waals surface area contributed by atoms with E-state index in [-0.39, 0.29) is 34.1 Å². The Balaban J connectivity index is 2.41. The number of sulfonamides is 1. The standard InChI is InChI=1S/C23H28BrCl2N3O4S/c1-15(2)12-27-23(31)16(3)28(13-17-6-5-7-18(24)10-17)22(30)14-29(34(4,32)33)21-11-19(25)8-9-20(21)26/h5-11,15-16H,12-14H2,1-4H3,(H,27,31). The van der Waals surface area contributed by atoms with Crippen molar-refractivity contribution in [3.8, 4) is 0 Å². The zero-order chi connectivity index (χ0) is 25.6. The molecule has 2 aromatic rings. The van der Waals surface area contributed by atoms with Crippen molar-refractivity contribution in [1.82, 2.24) is 10.2 Å². The molecule has 0 aliphatic heterocycles. The second-order valence-corrected chi connectivity index (χ2v) is 12.0. The molecule has 2 rings (SSSR count). The highest BCUT2D eigenvalue weighted by molar-refractivity contribution is 9.10. The number of carbonyl (C=O) groups excluding carboxylic acids is 2. The van der Waals surface area contributed by atoms with Gasteiger partial charge in [-0.05, 0) is 48.7 Å². The number of halogens is 3. The first-order chi connectivity index (χ1) is 15.8. The van der Waals surface area contributed by atoms with Gasteiger partial charge in [0.05, 0.1) is 17.0 Å². The van der Waals surface area contributed by atoms with E-state index in [1.54, 1.807) is 6.92 Å². The first-order valence-electron chi connectivity index (χ1n) is 10.5. The summed E-state index contributed by atoms with van der Waals surface area (Å²) >= 11 is 15.7. The van der Waals surface area contributed by atoms with Crippen LogP contribution in [0.5, 0.6) is 0 Å².